The number of ether oxygens (including phenoxy) is 2. The molecule has 6 rings (SSSR count). The summed E-state index contributed by atoms with van der Waals surface area (Å²) in [5.41, 5.74) is 5.76. The highest BCUT2D eigenvalue weighted by molar-refractivity contribution is 7.99. The van der Waals surface area contributed by atoms with E-state index >= 15 is 0 Å². The Morgan fingerprint density at radius 3 is 2.28 bits per heavy atom. The zero-order valence-electron chi connectivity index (χ0n) is 29.0. The lowest BCUT2D eigenvalue weighted by Crippen LogP contribution is -2.50. The van der Waals surface area contributed by atoms with Gasteiger partial charge in [0.25, 0.3) is 0 Å². The van der Waals surface area contributed by atoms with Gasteiger partial charge in [-0.05, 0) is 64.9 Å². The standard InChI is InChI=1S/C40H40F3N3O6S/c1-25(48)45-31-16-18-33(19-17-31)53-24-32-21-36(28-10-8-26(23-47)9-11-28)52-38(51-32)29-14-12-27(13-15-29)34-6-3-2-5-30(34)22-44-37(49)35-7-4-20-46(35)39(50)40(41,42)43/h2-3,5-6,8-19,32,35-36,38,47H,4,7,20-24H2,1H3,(H,44,49)(H,45,48)/t32-,35+,36+,38+/m1/s1. The number of thioether (sulfide) groups is 1. The monoisotopic (exact) mass is 747 g/mol. The maximum Gasteiger partial charge on any atom is 0.471 e. The lowest BCUT2D eigenvalue weighted by molar-refractivity contribution is -0.245. The second kappa shape index (κ2) is 17.0. The van der Waals surface area contributed by atoms with Gasteiger partial charge in [-0.2, -0.15) is 13.2 Å². The van der Waals surface area contributed by atoms with Gasteiger partial charge >= 0.3 is 12.1 Å². The van der Waals surface area contributed by atoms with Crippen LogP contribution in [0.25, 0.3) is 11.1 Å². The molecule has 3 N–H and O–H groups in total. The molecule has 278 valence electrons. The van der Waals surface area contributed by atoms with E-state index in [9.17, 15) is 32.7 Å². The molecule has 4 atom stereocenters. The highest BCUT2D eigenvalue weighted by Gasteiger charge is 2.47. The maximum absolute atomic E-state index is 13.1. The summed E-state index contributed by atoms with van der Waals surface area (Å²) in [7, 11) is 0. The Hall–Kier alpha value is -4.69. The van der Waals surface area contributed by atoms with E-state index in [-0.39, 0.29) is 44.2 Å². The molecular weight excluding hydrogens is 708 g/mol. The number of carbonyl (C=O) groups excluding carboxylic acids is 3. The number of carbonyl (C=O) groups is 3. The van der Waals surface area contributed by atoms with Crippen LogP contribution in [0.2, 0.25) is 0 Å². The normalized spacial score (nSPS) is 20.2. The third-order valence-electron chi connectivity index (χ3n) is 9.25. The van der Waals surface area contributed by atoms with Gasteiger partial charge in [0, 0.05) is 48.3 Å². The Labute approximate surface area is 309 Å². The minimum atomic E-state index is -5.04. The predicted molar refractivity (Wildman–Crippen MR) is 194 cm³/mol. The quantitative estimate of drug-likeness (QED) is 0.138. The topological polar surface area (TPSA) is 117 Å². The summed E-state index contributed by atoms with van der Waals surface area (Å²) >= 11 is 1.65. The molecular formula is C40H40F3N3O6S. The molecule has 0 saturated carbocycles. The molecule has 53 heavy (non-hydrogen) atoms. The zero-order valence-corrected chi connectivity index (χ0v) is 29.8. The summed E-state index contributed by atoms with van der Waals surface area (Å²) in [4.78, 5) is 37.9. The van der Waals surface area contributed by atoms with Gasteiger partial charge in [0.05, 0.1) is 18.8 Å². The van der Waals surface area contributed by atoms with Crippen molar-refractivity contribution in [1.82, 2.24) is 10.2 Å². The van der Waals surface area contributed by atoms with Crippen LogP contribution >= 0.6 is 11.8 Å². The molecule has 0 spiro atoms. The third kappa shape index (κ3) is 9.65. The number of rotatable bonds is 11. The van der Waals surface area contributed by atoms with E-state index in [1.54, 1.807) is 11.8 Å². The van der Waals surface area contributed by atoms with Crippen molar-refractivity contribution in [3.8, 4) is 11.1 Å². The van der Waals surface area contributed by atoms with Gasteiger partial charge in [-0.25, -0.2) is 0 Å². The minimum Gasteiger partial charge on any atom is -0.392 e. The maximum atomic E-state index is 13.1. The van der Waals surface area contributed by atoms with Crippen molar-refractivity contribution in [2.24, 2.45) is 0 Å². The molecule has 2 aliphatic rings. The van der Waals surface area contributed by atoms with E-state index in [0.717, 1.165) is 44.0 Å². The van der Waals surface area contributed by atoms with Crippen LogP contribution in [0.1, 0.15) is 60.8 Å². The first-order chi connectivity index (χ1) is 25.5. The van der Waals surface area contributed by atoms with Gasteiger partial charge in [0.2, 0.25) is 11.8 Å². The van der Waals surface area contributed by atoms with E-state index in [0.29, 0.717) is 23.5 Å². The molecule has 13 heteroatoms. The third-order valence-corrected chi connectivity index (χ3v) is 10.4. The van der Waals surface area contributed by atoms with Crippen LogP contribution in [0, 0.1) is 0 Å². The largest absolute Gasteiger partial charge is 0.471 e. The van der Waals surface area contributed by atoms with Crippen molar-refractivity contribution in [3.05, 3.63) is 119 Å². The second-order valence-electron chi connectivity index (χ2n) is 13.0. The summed E-state index contributed by atoms with van der Waals surface area (Å²) in [5.74, 6) is -2.09. The Bertz CT molecular complexity index is 1890. The van der Waals surface area contributed by atoms with Crippen LogP contribution in [-0.4, -0.2) is 58.3 Å². The lowest BCUT2D eigenvalue weighted by Gasteiger charge is -2.36. The highest BCUT2D eigenvalue weighted by atomic mass is 32.2. The van der Waals surface area contributed by atoms with E-state index in [1.165, 1.54) is 6.92 Å². The molecule has 4 aromatic rings. The Morgan fingerprint density at radius 1 is 0.906 bits per heavy atom. The molecule has 3 amide bonds. The van der Waals surface area contributed by atoms with Gasteiger partial charge in [0.15, 0.2) is 6.29 Å². The molecule has 2 fully saturated rings. The first-order valence-electron chi connectivity index (χ1n) is 17.3. The number of halogens is 3. The van der Waals surface area contributed by atoms with Crippen LogP contribution in [0.3, 0.4) is 0 Å². The predicted octanol–water partition coefficient (Wildman–Crippen LogP) is 7.31. The van der Waals surface area contributed by atoms with Crippen LogP contribution < -0.4 is 10.6 Å². The molecule has 2 heterocycles. The van der Waals surface area contributed by atoms with Gasteiger partial charge in [-0.3, -0.25) is 14.4 Å². The highest BCUT2D eigenvalue weighted by Crippen LogP contribution is 2.40. The van der Waals surface area contributed by atoms with E-state index in [1.807, 2.05) is 97.1 Å². The molecule has 0 aromatic heterocycles. The van der Waals surface area contributed by atoms with Gasteiger partial charge in [0.1, 0.15) is 6.04 Å². The van der Waals surface area contributed by atoms with Crippen molar-refractivity contribution in [2.45, 2.75) is 74.9 Å². The van der Waals surface area contributed by atoms with Gasteiger partial charge in [-0.15, -0.1) is 11.8 Å². The van der Waals surface area contributed by atoms with Crippen LogP contribution in [0.4, 0.5) is 18.9 Å². The number of aliphatic hydroxyl groups is 1. The number of hydrogen-bond donors (Lipinski definition) is 3. The summed E-state index contributed by atoms with van der Waals surface area (Å²) in [6.07, 6.45) is -5.03. The molecule has 2 aliphatic heterocycles. The number of anilines is 1. The fourth-order valence-corrected chi connectivity index (χ4v) is 7.49. The molecule has 0 bridgehead atoms. The van der Waals surface area contributed by atoms with E-state index in [4.69, 9.17) is 9.47 Å². The van der Waals surface area contributed by atoms with Crippen molar-refractivity contribution in [3.63, 3.8) is 0 Å². The van der Waals surface area contributed by atoms with Gasteiger partial charge in [-0.1, -0.05) is 72.8 Å². The van der Waals surface area contributed by atoms with Gasteiger partial charge < -0.3 is 30.1 Å². The average Bonchev–Trinajstić information content (AvgIpc) is 3.66. The Balaban J connectivity index is 1.15. The summed E-state index contributed by atoms with van der Waals surface area (Å²) in [6, 6.07) is 29.3. The number of alkyl halides is 3. The van der Waals surface area contributed by atoms with Crippen LogP contribution in [0.15, 0.2) is 102 Å². The van der Waals surface area contributed by atoms with Crippen molar-refractivity contribution in [2.75, 3.05) is 17.6 Å². The second-order valence-corrected chi connectivity index (χ2v) is 14.1. The Morgan fingerprint density at radius 2 is 1.60 bits per heavy atom. The molecule has 9 nitrogen and oxygen atoms in total. The van der Waals surface area contributed by atoms with Crippen molar-refractivity contribution >= 4 is 35.2 Å². The number of aliphatic hydroxyl groups excluding tert-OH is 1. The fourth-order valence-electron chi connectivity index (χ4n) is 6.57. The molecule has 0 unspecified atom stereocenters. The van der Waals surface area contributed by atoms with E-state index < -0.39 is 30.3 Å². The van der Waals surface area contributed by atoms with Crippen LogP contribution in [-0.2, 0) is 37.0 Å². The number of likely N-dealkylation sites (tertiary alicyclic amines) is 1. The Kier molecular flexibility index (Phi) is 12.2. The molecule has 4 aromatic carbocycles. The van der Waals surface area contributed by atoms with Crippen molar-refractivity contribution in [1.29, 1.82) is 0 Å². The molecule has 0 aliphatic carbocycles. The van der Waals surface area contributed by atoms with E-state index in [2.05, 4.69) is 10.6 Å². The smallest absolute Gasteiger partial charge is 0.392 e. The average molecular weight is 748 g/mol. The number of nitrogens with one attached hydrogen (secondary N) is 2. The summed E-state index contributed by atoms with van der Waals surface area (Å²) < 4.78 is 52.3. The first-order valence-corrected chi connectivity index (χ1v) is 18.3. The summed E-state index contributed by atoms with van der Waals surface area (Å²) in [5, 5.41) is 15.1. The number of hydrogen-bond acceptors (Lipinski definition) is 7. The zero-order chi connectivity index (χ0) is 37.5. The SMILES string of the molecule is CC(=O)Nc1ccc(SC[C@H]2C[C@@H](c3ccc(CO)cc3)O[C@@H](c3ccc(-c4ccccc4CNC(=O)[C@@H]4CCCN4C(=O)C(F)(F)F)cc3)O2)cc1. The number of benzene rings is 4. The molecule has 2 saturated heterocycles. The lowest BCUT2D eigenvalue weighted by atomic mass is 9.97. The number of nitrogens with zero attached hydrogens (tertiary/aromatic N) is 1. The fraction of sp³-hybridized carbons (Fsp3) is 0.325. The van der Waals surface area contributed by atoms with Crippen LogP contribution in [0.5, 0.6) is 0 Å². The summed E-state index contributed by atoms with van der Waals surface area (Å²) in [6.45, 7) is 1.37. The minimum absolute atomic E-state index is 0.0541. The van der Waals surface area contributed by atoms with Crippen molar-refractivity contribution < 1.29 is 42.1 Å². The molecule has 0 radical (unpaired) electrons. The number of amides is 3. The first kappa shape index (κ1) is 38.0.